The first-order valence-electron chi connectivity index (χ1n) is 6.59. The molecule has 0 radical (unpaired) electrons. The third-order valence-corrected chi connectivity index (χ3v) is 3.19. The van der Waals surface area contributed by atoms with E-state index in [1.807, 2.05) is 24.3 Å². The van der Waals surface area contributed by atoms with E-state index >= 15 is 0 Å². The molecule has 0 heterocycles. The van der Waals surface area contributed by atoms with Gasteiger partial charge in [0.1, 0.15) is 11.6 Å². The van der Waals surface area contributed by atoms with E-state index in [0.29, 0.717) is 18.2 Å². The average Bonchev–Trinajstić information content (AvgIpc) is 2.47. The Labute approximate surface area is 123 Å². The fourth-order valence-electron chi connectivity index (χ4n) is 1.76. The monoisotopic (exact) mass is 293 g/mol. The van der Waals surface area contributed by atoms with Gasteiger partial charge in [0.25, 0.3) is 0 Å². The minimum Gasteiger partial charge on any atom is -0.494 e. The predicted molar refractivity (Wildman–Crippen MR) is 81.0 cm³/mol. The van der Waals surface area contributed by atoms with Crippen molar-refractivity contribution in [2.75, 3.05) is 11.9 Å². The van der Waals surface area contributed by atoms with E-state index in [-0.39, 0.29) is 5.82 Å². The number of hydrogen-bond acceptors (Lipinski definition) is 2. The molecule has 0 aliphatic heterocycles. The van der Waals surface area contributed by atoms with Gasteiger partial charge < -0.3 is 10.1 Å². The fourth-order valence-corrected chi connectivity index (χ4v) is 1.95. The van der Waals surface area contributed by atoms with Gasteiger partial charge in [-0.25, -0.2) is 4.39 Å². The van der Waals surface area contributed by atoms with Gasteiger partial charge in [0.05, 0.1) is 6.61 Å². The van der Waals surface area contributed by atoms with E-state index in [1.165, 1.54) is 12.1 Å². The highest BCUT2D eigenvalue weighted by Gasteiger charge is 2.02. The van der Waals surface area contributed by atoms with Crippen LogP contribution in [-0.4, -0.2) is 6.61 Å². The Morgan fingerprint density at radius 2 is 1.90 bits per heavy atom. The molecule has 2 aromatic rings. The molecule has 2 nitrogen and oxygen atoms in total. The number of nitrogens with one attached hydrogen (secondary N) is 1. The van der Waals surface area contributed by atoms with Crippen molar-refractivity contribution in [1.29, 1.82) is 0 Å². The molecule has 0 aliphatic carbocycles. The summed E-state index contributed by atoms with van der Waals surface area (Å²) in [4.78, 5) is 0. The maximum atomic E-state index is 13.1. The lowest BCUT2D eigenvalue weighted by atomic mass is 10.2. The highest BCUT2D eigenvalue weighted by molar-refractivity contribution is 6.31. The van der Waals surface area contributed by atoms with Crippen LogP contribution in [0.4, 0.5) is 10.1 Å². The number of hydrogen-bond donors (Lipinski definition) is 1. The Bertz CT molecular complexity index is 557. The second-order valence-corrected chi connectivity index (χ2v) is 4.87. The van der Waals surface area contributed by atoms with E-state index in [2.05, 4.69) is 12.2 Å². The summed E-state index contributed by atoms with van der Waals surface area (Å²) in [6.07, 6.45) is 0.984. The molecule has 0 unspecified atom stereocenters. The molecule has 2 aromatic carbocycles. The van der Waals surface area contributed by atoms with Gasteiger partial charge in [-0.05, 0) is 54.4 Å². The molecule has 0 atom stereocenters. The van der Waals surface area contributed by atoms with Gasteiger partial charge in [0.15, 0.2) is 0 Å². The summed E-state index contributed by atoms with van der Waals surface area (Å²) in [5.74, 6) is 0.565. The summed E-state index contributed by atoms with van der Waals surface area (Å²) in [6.45, 7) is 3.26. The summed E-state index contributed by atoms with van der Waals surface area (Å²) < 4.78 is 18.7. The lowest BCUT2D eigenvalue weighted by Gasteiger charge is -2.09. The van der Waals surface area contributed by atoms with Gasteiger partial charge in [0.2, 0.25) is 0 Å². The van der Waals surface area contributed by atoms with Crippen molar-refractivity contribution >= 4 is 17.3 Å². The number of halogens is 2. The van der Waals surface area contributed by atoms with Crippen molar-refractivity contribution in [2.45, 2.75) is 19.9 Å². The van der Waals surface area contributed by atoms with Crippen LogP contribution in [0.1, 0.15) is 18.9 Å². The van der Waals surface area contributed by atoms with Gasteiger partial charge >= 0.3 is 0 Å². The zero-order valence-electron chi connectivity index (χ0n) is 11.3. The van der Waals surface area contributed by atoms with E-state index in [1.54, 1.807) is 6.07 Å². The van der Waals surface area contributed by atoms with Gasteiger partial charge in [-0.3, -0.25) is 0 Å². The molecule has 0 saturated heterocycles. The molecule has 4 heteroatoms. The standard InChI is InChI=1S/C16H17ClFNO/c1-2-9-20-15-6-4-14(5-7-15)19-11-12-10-13(18)3-8-16(12)17/h3-8,10,19H,2,9,11H2,1H3. The number of benzene rings is 2. The first kappa shape index (κ1) is 14.7. The normalized spacial score (nSPS) is 10.3. The molecular weight excluding hydrogens is 277 g/mol. The second-order valence-electron chi connectivity index (χ2n) is 4.46. The van der Waals surface area contributed by atoms with Crippen LogP contribution in [0.5, 0.6) is 5.75 Å². The lowest BCUT2D eigenvalue weighted by molar-refractivity contribution is 0.317. The van der Waals surface area contributed by atoms with E-state index in [0.717, 1.165) is 23.4 Å². The smallest absolute Gasteiger partial charge is 0.123 e. The van der Waals surface area contributed by atoms with Crippen LogP contribution < -0.4 is 10.1 Å². The fraction of sp³-hybridized carbons (Fsp3) is 0.250. The topological polar surface area (TPSA) is 21.3 Å². The van der Waals surface area contributed by atoms with Crippen LogP contribution in [-0.2, 0) is 6.54 Å². The minimum atomic E-state index is -0.283. The molecule has 1 N–H and O–H groups in total. The molecule has 0 fully saturated rings. The number of rotatable bonds is 6. The minimum absolute atomic E-state index is 0.283. The highest BCUT2D eigenvalue weighted by atomic mass is 35.5. The van der Waals surface area contributed by atoms with Crippen LogP contribution in [0.15, 0.2) is 42.5 Å². The first-order chi connectivity index (χ1) is 9.69. The Balaban J connectivity index is 1.95. The van der Waals surface area contributed by atoms with Crippen molar-refractivity contribution in [3.05, 3.63) is 58.9 Å². The number of ether oxygens (including phenoxy) is 1. The molecule has 106 valence electrons. The van der Waals surface area contributed by atoms with E-state index in [9.17, 15) is 4.39 Å². The largest absolute Gasteiger partial charge is 0.494 e. The Morgan fingerprint density at radius 1 is 1.15 bits per heavy atom. The Morgan fingerprint density at radius 3 is 2.60 bits per heavy atom. The van der Waals surface area contributed by atoms with Crippen molar-refractivity contribution in [3.8, 4) is 5.75 Å². The van der Waals surface area contributed by atoms with Crippen LogP contribution >= 0.6 is 11.6 Å². The average molecular weight is 294 g/mol. The van der Waals surface area contributed by atoms with Crippen LogP contribution in [0.2, 0.25) is 5.02 Å². The molecule has 0 aliphatic rings. The van der Waals surface area contributed by atoms with Crippen molar-refractivity contribution in [3.63, 3.8) is 0 Å². The highest BCUT2D eigenvalue weighted by Crippen LogP contribution is 2.20. The number of anilines is 1. The molecule has 20 heavy (non-hydrogen) atoms. The molecule has 0 saturated carbocycles. The summed E-state index contributed by atoms with van der Waals surface area (Å²) in [7, 11) is 0. The zero-order valence-corrected chi connectivity index (χ0v) is 12.1. The van der Waals surface area contributed by atoms with E-state index in [4.69, 9.17) is 16.3 Å². The van der Waals surface area contributed by atoms with Crippen molar-refractivity contribution < 1.29 is 9.13 Å². The predicted octanol–water partition coefficient (Wildman–Crippen LogP) is 4.88. The van der Waals surface area contributed by atoms with Gasteiger partial charge in [0, 0.05) is 17.3 Å². The summed E-state index contributed by atoms with van der Waals surface area (Å²) in [6, 6.07) is 12.0. The SMILES string of the molecule is CCCOc1ccc(NCc2cc(F)ccc2Cl)cc1. The third kappa shape index (κ3) is 4.14. The maximum absolute atomic E-state index is 13.1. The quantitative estimate of drug-likeness (QED) is 0.819. The van der Waals surface area contributed by atoms with Crippen LogP contribution in [0, 0.1) is 5.82 Å². The molecule has 0 bridgehead atoms. The van der Waals surface area contributed by atoms with Crippen molar-refractivity contribution in [1.82, 2.24) is 0 Å². The Kier molecular flexibility index (Phi) is 5.24. The molecular formula is C16H17ClFNO. The van der Waals surface area contributed by atoms with Crippen molar-refractivity contribution in [2.24, 2.45) is 0 Å². The first-order valence-corrected chi connectivity index (χ1v) is 6.97. The van der Waals surface area contributed by atoms with Crippen LogP contribution in [0.3, 0.4) is 0 Å². The molecule has 0 aromatic heterocycles. The maximum Gasteiger partial charge on any atom is 0.123 e. The van der Waals surface area contributed by atoms with E-state index < -0.39 is 0 Å². The molecule has 0 amide bonds. The lowest BCUT2D eigenvalue weighted by Crippen LogP contribution is -2.01. The van der Waals surface area contributed by atoms with Gasteiger partial charge in [-0.2, -0.15) is 0 Å². The Hall–Kier alpha value is -1.74. The molecule has 0 spiro atoms. The van der Waals surface area contributed by atoms with Gasteiger partial charge in [-0.1, -0.05) is 18.5 Å². The van der Waals surface area contributed by atoms with Gasteiger partial charge in [-0.15, -0.1) is 0 Å². The summed E-state index contributed by atoms with van der Waals surface area (Å²) in [5.41, 5.74) is 1.67. The second kappa shape index (κ2) is 7.15. The zero-order chi connectivity index (χ0) is 14.4. The molecule has 2 rings (SSSR count). The summed E-state index contributed by atoms with van der Waals surface area (Å²) in [5, 5.41) is 3.76. The summed E-state index contributed by atoms with van der Waals surface area (Å²) >= 11 is 6.02. The van der Waals surface area contributed by atoms with Crippen LogP contribution in [0.25, 0.3) is 0 Å². The third-order valence-electron chi connectivity index (χ3n) is 2.82.